The zero-order valence-corrected chi connectivity index (χ0v) is 10.9. The van der Waals surface area contributed by atoms with Crippen molar-refractivity contribution in [2.45, 2.75) is 25.7 Å². The van der Waals surface area contributed by atoms with E-state index in [9.17, 15) is 9.18 Å². The van der Waals surface area contributed by atoms with Gasteiger partial charge < -0.3 is 5.32 Å². The topological polar surface area (TPSA) is 29.1 Å². The molecule has 0 aliphatic rings. The average molecular weight is 298 g/mol. The Morgan fingerprint density at radius 2 is 2.24 bits per heavy atom. The number of nitrogens with one attached hydrogen (secondary N) is 1. The molecule has 0 atom stereocenters. The van der Waals surface area contributed by atoms with E-state index in [1.165, 1.54) is 12.1 Å². The molecule has 1 rings (SSSR count). The lowest BCUT2D eigenvalue weighted by Crippen LogP contribution is -2.12. The van der Waals surface area contributed by atoms with Crippen LogP contribution in [0.2, 0.25) is 0 Å². The molecule has 1 amide bonds. The lowest BCUT2D eigenvalue weighted by molar-refractivity contribution is -0.116. The van der Waals surface area contributed by atoms with Crippen LogP contribution in [0.5, 0.6) is 0 Å². The molecule has 1 N–H and O–H groups in total. The zero-order chi connectivity index (χ0) is 12.7. The summed E-state index contributed by atoms with van der Waals surface area (Å²) in [5.74, 6) is 1.87. The summed E-state index contributed by atoms with van der Waals surface area (Å²) in [5.41, 5.74) is 0.204. The molecule has 0 aliphatic carbocycles. The Morgan fingerprint density at radius 3 is 2.88 bits per heavy atom. The fourth-order valence-electron chi connectivity index (χ4n) is 1.32. The first kappa shape index (κ1) is 13.7. The second-order valence-corrected chi connectivity index (χ2v) is 4.50. The quantitative estimate of drug-likeness (QED) is 0.651. The van der Waals surface area contributed by atoms with Gasteiger partial charge in [-0.15, -0.1) is 12.3 Å². The first-order valence-electron chi connectivity index (χ1n) is 5.32. The number of anilines is 1. The normalized spacial score (nSPS) is 9.71. The maximum atomic E-state index is 13.4. The summed E-state index contributed by atoms with van der Waals surface area (Å²) in [7, 11) is 0. The van der Waals surface area contributed by atoms with Crippen LogP contribution in [0.15, 0.2) is 22.7 Å². The van der Waals surface area contributed by atoms with Crippen molar-refractivity contribution in [1.29, 1.82) is 0 Å². The third-order valence-corrected chi connectivity index (χ3v) is 2.67. The predicted octanol–water partition coefficient (Wildman–Crippen LogP) is 3.72. The van der Waals surface area contributed by atoms with E-state index < -0.39 is 5.82 Å². The Labute approximate surface area is 109 Å². The Kier molecular flexibility index (Phi) is 5.71. The van der Waals surface area contributed by atoms with Gasteiger partial charge in [-0.25, -0.2) is 4.39 Å². The second kappa shape index (κ2) is 7.08. The van der Waals surface area contributed by atoms with Gasteiger partial charge in [0, 0.05) is 17.3 Å². The van der Waals surface area contributed by atoms with Crippen LogP contribution in [-0.4, -0.2) is 5.91 Å². The number of amides is 1. The van der Waals surface area contributed by atoms with Gasteiger partial charge in [0.1, 0.15) is 5.82 Å². The maximum absolute atomic E-state index is 13.4. The van der Waals surface area contributed by atoms with Crippen molar-refractivity contribution >= 4 is 27.5 Å². The van der Waals surface area contributed by atoms with E-state index in [0.29, 0.717) is 23.7 Å². The number of terminal acetylenes is 1. The largest absolute Gasteiger partial charge is 0.324 e. The molecule has 0 spiro atoms. The van der Waals surface area contributed by atoms with Gasteiger partial charge in [0.2, 0.25) is 5.91 Å². The van der Waals surface area contributed by atoms with E-state index in [0.717, 1.165) is 6.42 Å². The molecule has 0 fully saturated rings. The van der Waals surface area contributed by atoms with Crippen molar-refractivity contribution in [3.63, 3.8) is 0 Å². The van der Waals surface area contributed by atoms with Crippen molar-refractivity contribution in [2.75, 3.05) is 5.32 Å². The molecule has 17 heavy (non-hydrogen) atoms. The molecule has 2 nitrogen and oxygen atoms in total. The molecule has 90 valence electrons. The summed E-state index contributed by atoms with van der Waals surface area (Å²) in [4.78, 5) is 11.5. The van der Waals surface area contributed by atoms with Gasteiger partial charge >= 0.3 is 0 Å². The van der Waals surface area contributed by atoms with Crippen molar-refractivity contribution in [2.24, 2.45) is 0 Å². The molecule has 1 aromatic rings. The third kappa shape index (κ3) is 5.01. The molecule has 0 aromatic heterocycles. The molecule has 4 heteroatoms. The molecule has 0 unspecified atom stereocenters. The average Bonchev–Trinajstić information content (AvgIpc) is 2.28. The third-order valence-electron chi connectivity index (χ3n) is 2.18. The predicted molar refractivity (Wildman–Crippen MR) is 70.0 cm³/mol. The standard InChI is InChI=1S/C13H13BrFNO/c1-2-3-4-5-6-13(17)16-12-8-7-10(14)9-11(12)15/h1,7-9H,3-6H2,(H,16,17). The highest BCUT2D eigenvalue weighted by Gasteiger charge is 2.06. The molecule has 0 saturated carbocycles. The highest BCUT2D eigenvalue weighted by atomic mass is 79.9. The van der Waals surface area contributed by atoms with E-state index in [4.69, 9.17) is 6.42 Å². The van der Waals surface area contributed by atoms with Crippen LogP contribution in [0.4, 0.5) is 10.1 Å². The number of hydrogen-bond donors (Lipinski definition) is 1. The van der Waals surface area contributed by atoms with Crippen molar-refractivity contribution in [3.8, 4) is 12.3 Å². The van der Waals surface area contributed by atoms with Crippen LogP contribution in [0, 0.1) is 18.2 Å². The first-order chi connectivity index (χ1) is 8.13. The fourth-order valence-corrected chi connectivity index (χ4v) is 1.65. The van der Waals surface area contributed by atoms with E-state index >= 15 is 0 Å². The smallest absolute Gasteiger partial charge is 0.224 e. The molecule has 0 saturated heterocycles. The Balaban J connectivity index is 2.43. The number of benzene rings is 1. The Morgan fingerprint density at radius 1 is 1.47 bits per heavy atom. The molecule has 1 aromatic carbocycles. The van der Waals surface area contributed by atoms with Gasteiger partial charge in [-0.2, -0.15) is 0 Å². The van der Waals surface area contributed by atoms with Gasteiger partial charge in [-0.3, -0.25) is 4.79 Å². The minimum atomic E-state index is -0.448. The maximum Gasteiger partial charge on any atom is 0.224 e. The number of rotatable bonds is 5. The number of carbonyl (C=O) groups is 1. The second-order valence-electron chi connectivity index (χ2n) is 3.58. The monoisotopic (exact) mass is 297 g/mol. The minimum absolute atomic E-state index is 0.191. The van der Waals surface area contributed by atoms with Crippen LogP contribution >= 0.6 is 15.9 Å². The van der Waals surface area contributed by atoms with Gasteiger partial charge in [0.15, 0.2) is 0 Å². The Bertz CT molecular complexity index is 440. The Hall–Kier alpha value is -1.34. The molecule has 0 heterocycles. The summed E-state index contributed by atoms with van der Waals surface area (Å²) in [6, 6.07) is 4.52. The number of unbranched alkanes of at least 4 members (excludes halogenated alkanes) is 2. The van der Waals surface area contributed by atoms with Crippen LogP contribution in [-0.2, 0) is 4.79 Å². The summed E-state index contributed by atoms with van der Waals surface area (Å²) >= 11 is 3.15. The molecule has 0 aliphatic heterocycles. The van der Waals surface area contributed by atoms with Crippen LogP contribution in [0.25, 0.3) is 0 Å². The van der Waals surface area contributed by atoms with Crippen LogP contribution in [0.3, 0.4) is 0 Å². The SMILES string of the molecule is C#CCCCCC(=O)Nc1ccc(Br)cc1F. The van der Waals surface area contributed by atoms with E-state index in [2.05, 4.69) is 27.2 Å². The number of hydrogen-bond acceptors (Lipinski definition) is 1. The van der Waals surface area contributed by atoms with E-state index in [1.807, 2.05) is 0 Å². The summed E-state index contributed by atoms with van der Waals surface area (Å²) in [6.45, 7) is 0. The highest BCUT2D eigenvalue weighted by Crippen LogP contribution is 2.19. The van der Waals surface area contributed by atoms with Crippen molar-refractivity contribution in [3.05, 3.63) is 28.5 Å². The van der Waals surface area contributed by atoms with Crippen LogP contribution in [0.1, 0.15) is 25.7 Å². The summed E-state index contributed by atoms with van der Waals surface area (Å²) < 4.78 is 14.0. The van der Waals surface area contributed by atoms with E-state index in [-0.39, 0.29) is 11.6 Å². The summed E-state index contributed by atoms with van der Waals surface area (Å²) in [5, 5.41) is 2.53. The molecule has 0 radical (unpaired) electrons. The first-order valence-corrected chi connectivity index (χ1v) is 6.11. The van der Waals surface area contributed by atoms with E-state index in [1.54, 1.807) is 6.07 Å². The minimum Gasteiger partial charge on any atom is -0.324 e. The highest BCUT2D eigenvalue weighted by molar-refractivity contribution is 9.10. The molecular weight excluding hydrogens is 285 g/mol. The lowest BCUT2D eigenvalue weighted by Gasteiger charge is -2.06. The van der Waals surface area contributed by atoms with Gasteiger partial charge in [-0.1, -0.05) is 15.9 Å². The lowest BCUT2D eigenvalue weighted by atomic mass is 10.2. The fraction of sp³-hybridized carbons (Fsp3) is 0.308. The number of halogens is 2. The molecular formula is C13H13BrFNO. The van der Waals surface area contributed by atoms with Gasteiger partial charge in [0.05, 0.1) is 5.69 Å². The molecule has 0 bridgehead atoms. The van der Waals surface area contributed by atoms with Gasteiger partial charge in [0.25, 0.3) is 0 Å². The number of carbonyl (C=O) groups excluding carboxylic acids is 1. The van der Waals surface area contributed by atoms with Crippen molar-refractivity contribution in [1.82, 2.24) is 0 Å². The van der Waals surface area contributed by atoms with Crippen molar-refractivity contribution < 1.29 is 9.18 Å². The van der Waals surface area contributed by atoms with Gasteiger partial charge in [-0.05, 0) is 31.0 Å². The zero-order valence-electron chi connectivity index (χ0n) is 9.30. The van der Waals surface area contributed by atoms with Crippen LogP contribution < -0.4 is 5.32 Å². The summed E-state index contributed by atoms with van der Waals surface area (Å²) in [6.07, 6.45) is 7.65.